The van der Waals surface area contributed by atoms with Crippen LogP contribution in [0.15, 0.2) is 18.2 Å². The van der Waals surface area contributed by atoms with Crippen LogP contribution in [0.25, 0.3) is 0 Å². The lowest BCUT2D eigenvalue weighted by Crippen LogP contribution is -2.43. The van der Waals surface area contributed by atoms with Crippen LogP contribution < -0.4 is 15.0 Å². The second-order valence-corrected chi connectivity index (χ2v) is 4.80. The van der Waals surface area contributed by atoms with Crippen molar-refractivity contribution in [2.24, 2.45) is 0 Å². The summed E-state index contributed by atoms with van der Waals surface area (Å²) in [6.07, 6.45) is 0.516. The van der Waals surface area contributed by atoms with Crippen molar-refractivity contribution in [3.8, 4) is 5.75 Å². The SMILES string of the molecule is CNCCc1ccc2c(c1)N(CBr)C(=O)C(C)O2. The number of amides is 1. The number of nitrogens with one attached hydrogen (secondary N) is 1. The lowest BCUT2D eigenvalue weighted by molar-refractivity contribution is -0.125. The normalized spacial score (nSPS) is 18.5. The zero-order valence-electron chi connectivity index (χ0n) is 10.6. The number of hydrogen-bond donors (Lipinski definition) is 1. The van der Waals surface area contributed by atoms with Gasteiger partial charge in [-0.3, -0.25) is 9.69 Å². The van der Waals surface area contributed by atoms with Crippen molar-refractivity contribution < 1.29 is 9.53 Å². The van der Waals surface area contributed by atoms with Gasteiger partial charge in [0, 0.05) is 0 Å². The minimum Gasteiger partial charge on any atom is -0.479 e. The Labute approximate surface area is 115 Å². The Morgan fingerprint density at radius 1 is 1.50 bits per heavy atom. The predicted molar refractivity (Wildman–Crippen MR) is 75.4 cm³/mol. The van der Waals surface area contributed by atoms with Gasteiger partial charge in [0.25, 0.3) is 5.91 Å². The molecule has 4 nitrogen and oxygen atoms in total. The standard InChI is InChI=1S/C13H17BrN2O2/c1-9-13(17)16(8-14)11-7-10(5-6-15-2)3-4-12(11)18-9/h3-4,7,9,15H,5-6,8H2,1-2H3. The van der Waals surface area contributed by atoms with Crippen LogP contribution in [0.2, 0.25) is 0 Å². The Hall–Kier alpha value is -1.07. The van der Waals surface area contributed by atoms with Crippen LogP contribution in [0.5, 0.6) is 5.75 Å². The summed E-state index contributed by atoms with van der Waals surface area (Å²) in [7, 11) is 1.93. The molecule has 5 heteroatoms. The molecule has 0 bridgehead atoms. The smallest absolute Gasteiger partial charge is 0.268 e. The Balaban J connectivity index is 2.32. The van der Waals surface area contributed by atoms with E-state index >= 15 is 0 Å². The maximum absolute atomic E-state index is 12.0. The van der Waals surface area contributed by atoms with Crippen LogP contribution in [-0.4, -0.2) is 31.1 Å². The molecule has 0 aromatic heterocycles. The van der Waals surface area contributed by atoms with Crippen molar-refractivity contribution in [2.45, 2.75) is 19.4 Å². The van der Waals surface area contributed by atoms with Crippen LogP contribution in [0, 0.1) is 0 Å². The van der Waals surface area contributed by atoms with Gasteiger partial charge in [-0.15, -0.1) is 0 Å². The molecule has 18 heavy (non-hydrogen) atoms. The van der Waals surface area contributed by atoms with Gasteiger partial charge in [0.05, 0.1) is 11.1 Å². The number of alkyl halides is 1. The molecule has 0 spiro atoms. The maximum atomic E-state index is 12.0. The van der Waals surface area contributed by atoms with Gasteiger partial charge in [0.15, 0.2) is 6.10 Å². The molecule has 0 radical (unpaired) electrons. The van der Waals surface area contributed by atoms with E-state index in [1.807, 2.05) is 25.2 Å². The van der Waals surface area contributed by atoms with E-state index < -0.39 is 6.10 Å². The highest BCUT2D eigenvalue weighted by Crippen LogP contribution is 2.35. The Morgan fingerprint density at radius 3 is 2.94 bits per heavy atom. The van der Waals surface area contributed by atoms with Crippen molar-refractivity contribution in [1.82, 2.24) is 5.32 Å². The lowest BCUT2D eigenvalue weighted by Gasteiger charge is -2.32. The molecule has 0 fully saturated rings. The molecule has 0 aliphatic carbocycles. The molecule has 1 unspecified atom stereocenters. The molecule has 1 aliphatic rings. The van der Waals surface area contributed by atoms with E-state index in [4.69, 9.17) is 4.74 Å². The van der Waals surface area contributed by atoms with Crippen LogP contribution in [0.1, 0.15) is 12.5 Å². The summed E-state index contributed by atoms with van der Waals surface area (Å²) in [5.74, 6) is 0.764. The second-order valence-electron chi connectivity index (χ2n) is 4.30. The minimum absolute atomic E-state index is 0.00913. The molecular formula is C13H17BrN2O2. The molecule has 2 rings (SSSR count). The van der Waals surface area contributed by atoms with Crippen LogP contribution in [0.4, 0.5) is 5.69 Å². The average molecular weight is 313 g/mol. The first-order valence-corrected chi connectivity index (χ1v) is 7.11. The summed E-state index contributed by atoms with van der Waals surface area (Å²) in [6.45, 7) is 2.69. The fraction of sp³-hybridized carbons (Fsp3) is 0.462. The van der Waals surface area contributed by atoms with E-state index in [0.717, 1.165) is 24.4 Å². The van der Waals surface area contributed by atoms with Crippen molar-refractivity contribution in [3.05, 3.63) is 23.8 Å². The molecule has 1 N–H and O–H groups in total. The van der Waals surface area contributed by atoms with Crippen LogP contribution >= 0.6 is 15.9 Å². The molecule has 1 amide bonds. The second kappa shape index (κ2) is 5.71. The van der Waals surface area contributed by atoms with Gasteiger partial charge in [0.1, 0.15) is 5.75 Å². The number of likely N-dealkylation sites (N-methyl/N-ethyl adjacent to an activating group) is 1. The number of benzene rings is 1. The van der Waals surface area contributed by atoms with Crippen LogP contribution in [0.3, 0.4) is 0 Å². The predicted octanol–water partition coefficient (Wildman–Crippen LogP) is 1.91. The van der Waals surface area contributed by atoms with Crippen molar-refractivity contribution in [2.75, 3.05) is 23.9 Å². The molecule has 0 saturated heterocycles. The topological polar surface area (TPSA) is 41.6 Å². The fourth-order valence-electron chi connectivity index (χ4n) is 2.00. The van der Waals surface area contributed by atoms with E-state index in [9.17, 15) is 4.79 Å². The van der Waals surface area contributed by atoms with Crippen molar-refractivity contribution >= 4 is 27.5 Å². The highest BCUT2D eigenvalue weighted by molar-refractivity contribution is 9.09. The van der Waals surface area contributed by atoms with Gasteiger partial charge in [-0.25, -0.2) is 0 Å². The summed E-state index contributed by atoms with van der Waals surface area (Å²) < 4.78 is 5.61. The van der Waals surface area contributed by atoms with E-state index in [0.29, 0.717) is 5.45 Å². The number of rotatable bonds is 4. The quantitative estimate of drug-likeness (QED) is 0.682. The largest absolute Gasteiger partial charge is 0.479 e. The summed E-state index contributed by atoms with van der Waals surface area (Å²) in [5, 5.41) is 3.12. The summed E-state index contributed by atoms with van der Waals surface area (Å²) in [5.41, 5.74) is 2.53. The third-order valence-electron chi connectivity index (χ3n) is 3.01. The van der Waals surface area contributed by atoms with Crippen molar-refractivity contribution in [3.63, 3.8) is 0 Å². The molecule has 1 aromatic carbocycles. The molecule has 1 aromatic rings. The maximum Gasteiger partial charge on any atom is 0.268 e. The number of nitrogens with zero attached hydrogens (tertiary/aromatic N) is 1. The number of ether oxygens (including phenoxy) is 1. The highest BCUT2D eigenvalue weighted by atomic mass is 79.9. The number of hydrogen-bond acceptors (Lipinski definition) is 3. The van der Waals surface area contributed by atoms with Gasteiger partial charge in [-0.1, -0.05) is 22.0 Å². The van der Waals surface area contributed by atoms with Gasteiger partial charge >= 0.3 is 0 Å². The monoisotopic (exact) mass is 312 g/mol. The number of halogens is 1. The summed E-state index contributed by atoms with van der Waals surface area (Å²) in [4.78, 5) is 13.7. The van der Waals surface area contributed by atoms with E-state index in [1.54, 1.807) is 11.8 Å². The lowest BCUT2D eigenvalue weighted by atomic mass is 10.1. The molecular weight excluding hydrogens is 296 g/mol. The number of anilines is 1. The third kappa shape index (κ3) is 2.52. The van der Waals surface area contributed by atoms with E-state index in [1.165, 1.54) is 5.56 Å². The van der Waals surface area contributed by atoms with Gasteiger partial charge < -0.3 is 10.1 Å². The number of carbonyl (C=O) groups excluding carboxylic acids is 1. The summed E-state index contributed by atoms with van der Waals surface area (Å²) in [6, 6.07) is 6.02. The number of carbonyl (C=O) groups is 1. The molecule has 1 heterocycles. The fourth-order valence-corrected chi connectivity index (χ4v) is 2.52. The molecule has 1 atom stereocenters. The Morgan fingerprint density at radius 2 is 2.28 bits per heavy atom. The van der Waals surface area contributed by atoms with Crippen LogP contribution in [-0.2, 0) is 11.2 Å². The number of fused-ring (bicyclic) bond motifs is 1. The van der Waals surface area contributed by atoms with Gasteiger partial charge in [-0.2, -0.15) is 0 Å². The zero-order valence-corrected chi connectivity index (χ0v) is 12.2. The molecule has 0 saturated carbocycles. The first-order valence-electron chi connectivity index (χ1n) is 5.99. The third-order valence-corrected chi connectivity index (χ3v) is 3.52. The zero-order chi connectivity index (χ0) is 13.1. The Kier molecular flexibility index (Phi) is 4.24. The first-order chi connectivity index (χ1) is 8.67. The average Bonchev–Trinajstić information content (AvgIpc) is 2.38. The van der Waals surface area contributed by atoms with E-state index in [2.05, 4.69) is 21.2 Å². The van der Waals surface area contributed by atoms with E-state index in [-0.39, 0.29) is 5.91 Å². The Bertz CT molecular complexity index is 451. The minimum atomic E-state index is -0.418. The summed E-state index contributed by atoms with van der Waals surface area (Å²) >= 11 is 3.36. The molecule has 98 valence electrons. The van der Waals surface area contributed by atoms with Crippen molar-refractivity contribution in [1.29, 1.82) is 0 Å². The van der Waals surface area contributed by atoms with Gasteiger partial charge in [-0.05, 0) is 44.6 Å². The first kappa shape index (κ1) is 13.4. The highest BCUT2D eigenvalue weighted by Gasteiger charge is 2.30. The van der Waals surface area contributed by atoms with Gasteiger partial charge in [0.2, 0.25) is 0 Å². The molecule has 1 aliphatic heterocycles.